The average Bonchev–Trinajstić information content (AvgIpc) is 2.96. The summed E-state index contributed by atoms with van der Waals surface area (Å²) in [5.74, 6) is -1.50. The number of rotatable bonds is 9. The van der Waals surface area contributed by atoms with Crippen molar-refractivity contribution in [2.45, 2.75) is 65.5 Å². The highest BCUT2D eigenvalue weighted by Gasteiger charge is 2.35. The molecule has 0 atom stereocenters. The molecule has 2 aromatic heterocycles. The average molecular weight is 600 g/mol. The number of anilines is 1. The molecular weight excluding hydrogens is 565 g/mol. The first-order chi connectivity index (χ1) is 20.4. The van der Waals surface area contributed by atoms with Gasteiger partial charge in [0.05, 0.1) is 22.9 Å². The monoisotopic (exact) mass is 599 g/mol. The zero-order valence-electron chi connectivity index (χ0n) is 24.6. The van der Waals surface area contributed by atoms with Crippen LogP contribution in [-0.2, 0) is 6.18 Å². The Balaban J connectivity index is 1.57. The van der Waals surface area contributed by atoms with Crippen LogP contribution >= 0.6 is 0 Å². The van der Waals surface area contributed by atoms with Crippen molar-refractivity contribution in [1.29, 1.82) is 0 Å². The number of nitrogens with one attached hydrogen (secondary N) is 1. The summed E-state index contributed by atoms with van der Waals surface area (Å²) in [5, 5.41) is 2.77. The predicted octanol–water partition coefficient (Wildman–Crippen LogP) is 7.59. The summed E-state index contributed by atoms with van der Waals surface area (Å²) in [6.07, 6.45) is 0.586. The fourth-order valence-corrected chi connectivity index (χ4v) is 5.19. The molecule has 228 valence electrons. The highest BCUT2D eigenvalue weighted by Crippen LogP contribution is 2.33. The van der Waals surface area contributed by atoms with E-state index < -0.39 is 23.6 Å². The Morgan fingerprint density at radius 1 is 1.09 bits per heavy atom. The molecule has 0 bridgehead atoms. The quantitative estimate of drug-likeness (QED) is 0.202. The van der Waals surface area contributed by atoms with Crippen molar-refractivity contribution in [1.82, 2.24) is 24.8 Å². The van der Waals surface area contributed by atoms with Gasteiger partial charge in [-0.1, -0.05) is 26.0 Å². The molecule has 3 heterocycles. The topological polar surface area (TPSA) is 79.2 Å². The summed E-state index contributed by atoms with van der Waals surface area (Å²) < 4.78 is 67.9. The maximum absolute atomic E-state index is 14.1. The van der Waals surface area contributed by atoms with Crippen molar-refractivity contribution in [3.8, 4) is 0 Å². The van der Waals surface area contributed by atoms with Gasteiger partial charge in [-0.05, 0) is 63.8 Å². The van der Waals surface area contributed by atoms with Crippen LogP contribution in [0.5, 0.6) is 0 Å². The molecule has 7 nitrogen and oxygen atoms in total. The van der Waals surface area contributed by atoms with E-state index in [9.17, 15) is 22.0 Å². The van der Waals surface area contributed by atoms with Crippen LogP contribution in [0.4, 0.5) is 27.6 Å². The van der Waals surface area contributed by atoms with E-state index in [1.165, 1.54) is 24.3 Å². The van der Waals surface area contributed by atoms with Gasteiger partial charge in [0.2, 0.25) is 5.82 Å². The second kappa shape index (κ2) is 13.4. The van der Waals surface area contributed by atoms with Gasteiger partial charge < -0.3 is 10.2 Å². The molecule has 1 fully saturated rings. The van der Waals surface area contributed by atoms with E-state index in [1.54, 1.807) is 6.20 Å². The summed E-state index contributed by atoms with van der Waals surface area (Å²) in [6, 6.07) is 5.12. The standard InChI is InChI=1S/C31H34F5N7/c1-6-8-23(26-11-14-37-30(42-26)31(34,35)36)17-38-18(2)27-19(3)39-20(4)40-28(27)22-12-15-43(16-13-22)21(5)41-29-24(32)9-7-10-25(29)33/h7,9-11,14,17,22,41H,5-6,8,12-13,15-16H2,1-4H3/b23-17+,38-18?. The fraction of sp³-hybridized carbons (Fsp3) is 0.387. The van der Waals surface area contributed by atoms with Crippen LogP contribution in [0.2, 0.25) is 0 Å². The molecule has 0 aliphatic carbocycles. The van der Waals surface area contributed by atoms with Gasteiger partial charge in [-0.25, -0.2) is 28.7 Å². The van der Waals surface area contributed by atoms with E-state index in [0.717, 1.165) is 23.1 Å². The Hall–Kier alpha value is -4.22. The van der Waals surface area contributed by atoms with Gasteiger partial charge in [-0.2, -0.15) is 13.2 Å². The molecule has 1 N–H and O–H groups in total. The lowest BCUT2D eigenvalue weighted by Crippen LogP contribution is -2.35. The van der Waals surface area contributed by atoms with E-state index in [1.807, 2.05) is 32.6 Å². The number of para-hydroxylation sites is 1. The number of aryl methyl sites for hydroxylation is 2. The van der Waals surface area contributed by atoms with Crippen molar-refractivity contribution in [3.63, 3.8) is 0 Å². The second-order valence-electron chi connectivity index (χ2n) is 10.4. The van der Waals surface area contributed by atoms with Crippen LogP contribution in [-0.4, -0.2) is 43.6 Å². The summed E-state index contributed by atoms with van der Waals surface area (Å²) in [6.45, 7) is 12.6. The molecule has 1 aromatic carbocycles. The highest BCUT2D eigenvalue weighted by atomic mass is 19.4. The van der Waals surface area contributed by atoms with Crippen molar-refractivity contribution in [2.75, 3.05) is 18.4 Å². The maximum Gasteiger partial charge on any atom is 0.451 e. The largest absolute Gasteiger partial charge is 0.451 e. The Morgan fingerprint density at radius 2 is 1.77 bits per heavy atom. The SMILES string of the molecule is C=C(Nc1c(F)cccc1F)N1CCC(c2nc(C)nc(C)c2C(C)=N/C=C(\CCC)c2ccnc(C(F)(F)F)n2)CC1. The number of likely N-dealkylation sites (tertiary alicyclic amines) is 1. The van der Waals surface area contributed by atoms with Gasteiger partial charge >= 0.3 is 6.18 Å². The lowest BCUT2D eigenvalue weighted by molar-refractivity contribution is -0.145. The van der Waals surface area contributed by atoms with E-state index in [-0.39, 0.29) is 17.3 Å². The lowest BCUT2D eigenvalue weighted by atomic mass is 9.88. The first-order valence-electron chi connectivity index (χ1n) is 14.0. The molecule has 1 aliphatic heterocycles. The van der Waals surface area contributed by atoms with Crippen LogP contribution in [0.1, 0.15) is 79.7 Å². The normalized spacial score (nSPS) is 15.1. The first-order valence-corrected chi connectivity index (χ1v) is 14.0. The third kappa shape index (κ3) is 7.60. The number of piperidine rings is 1. The van der Waals surface area contributed by atoms with Crippen LogP contribution in [0.15, 0.2) is 54.1 Å². The number of benzene rings is 1. The molecular formula is C31H34F5N7. The van der Waals surface area contributed by atoms with Crippen molar-refractivity contribution >= 4 is 17.0 Å². The van der Waals surface area contributed by atoms with Gasteiger partial charge in [0.1, 0.15) is 23.1 Å². The van der Waals surface area contributed by atoms with Crippen molar-refractivity contribution < 1.29 is 22.0 Å². The number of alkyl halides is 3. The molecule has 3 aromatic rings. The molecule has 12 heteroatoms. The van der Waals surface area contributed by atoms with Crippen molar-refractivity contribution in [3.05, 3.63) is 95.0 Å². The number of nitrogens with zero attached hydrogens (tertiary/aromatic N) is 6. The van der Waals surface area contributed by atoms with Gasteiger partial charge in [-0.15, -0.1) is 0 Å². The Bertz CT molecular complexity index is 1520. The number of aromatic nitrogens is 4. The lowest BCUT2D eigenvalue weighted by Gasteiger charge is -2.35. The second-order valence-corrected chi connectivity index (χ2v) is 10.4. The predicted molar refractivity (Wildman–Crippen MR) is 156 cm³/mol. The smallest absolute Gasteiger partial charge is 0.359 e. The van der Waals surface area contributed by atoms with Gasteiger partial charge in [0.25, 0.3) is 0 Å². The highest BCUT2D eigenvalue weighted by molar-refractivity contribution is 6.01. The molecule has 0 amide bonds. The third-order valence-corrected chi connectivity index (χ3v) is 7.26. The summed E-state index contributed by atoms with van der Waals surface area (Å²) in [7, 11) is 0. The molecule has 0 radical (unpaired) electrons. The minimum Gasteiger partial charge on any atom is -0.359 e. The van der Waals surface area contributed by atoms with Gasteiger partial charge in [0, 0.05) is 42.7 Å². The Labute approximate surface area is 247 Å². The molecule has 0 spiro atoms. The zero-order chi connectivity index (χ0) is 31.3. The molecule has 1 saturated heterocycles. The number of hydrogen-bond acceptors (Lipinski definition) is 7. The summed E-state index contributed by atoms with van der Waals surface area (Å²) in [4.78, 5) is 23.0. The Morgan fingerprint density at radius 3 is 2.40 bits per heavy atom. The minimum atomic E-state index is -4.65. The number of allylic oxidation sites excluding steroid dienone is 1. The van der Waals surface area contributed by atoms with E-state index in [2.05, 4.69) is 31.8 Å². The molecule has 1 aliphatic rings. The van der Waals surface area contributed by atoms with E-state index in [0.29, 0.717) is 61.7 Å². The molecule has 0 saturated carbocycles. The minimum absolute atomic E-state index is 0.0603. The number of halogens is 5. The van der Waals surface area contributed by atoms with Crippen LogP contribution in [0, 0.1) is 25.5 Å². The van der Waals surface area contributed by atoms with Gasteiger partial charge in [0.15, 0.2) is 0 Å². The van der Waals surface area contributed by atoms with Crippen LogP contribution in [0.25, 0.3) is 5.57 Å². The number of aliphatic imine (C=N–C) groups is 1. The van der Waals surface area contributed by atoms with Crippen LogP contribution < -0.4 is 5.32 Å². The zero-order valence-corrected chi connectivity index (χ0v) is 24.6. The van der Waals surface area contributed by atoms with Crippen LogP contribution in [0.3, 0.4) is 0 Å². The van der Waals surface area contributed by atoms with E-state index in [4.69, 9.17) is 4.98 Å². The molecule has 43 heavy (non-hydrogen) atoms. The fourth-order valence-electron chi connectivity index (χ4n) is 5.19. The Kier molecular flexibility index (Phi) is 9.87. The molecule has 0 unspecified atom stereocenters. The third-order valence-electron chi connectivity index (χ3n) is 7.26. The van der Waals surface area contributed by atoms with E-state index >= 15 is 0 Å². The molecule has 4 rings (SSSR count). The summed E-state index contributed by atoms with van der Waals surface area (Å²) >= 11 is 0. The van der Waals surface area contributed by atoms with Crippen molar-refractivity contribution in [2.24, 2.45) is 4.99 Å². The first kappa shape index (κ1) is 31.7. The summed E-state index contributed by atoms with van der Waals surface area (Å²) in [5.41, 5.74) is 3.52. The maximum atomic E-state index is 14.1. The number of hydrogen-bond donors (Lipinski definition) is 1. The van der Waals surface area contributed by atoms with Gasteiger partial charge in [-0.3, -0.25) is 4.99 Å².